The maximum Gasteiger partial charge on any atom is 0.0442 e. The highest BCUT2D eigenvalue weighted by Gasteiger charge is 2.50. The maximum absolute atomic E-state index is 6.23. The third-order valence-electron chi connectivity index (χ3n) is 3.03. The fourth-order valence-corrected chi connectivity index (χ4v) is 2.10. The standard InChI is InChI=1S/C11H14ClN/c1-2-8-7-11(8,13)9-3-5-10(12)6-4-9/h3-6,8H,2,7,13H2,1H3/t8-,11+/m1/s1. The molecule has 13 heavy (non-hydrogen) atoms. The van der Waals surface area contributed by atoms with Crippen LogP contribution in [0.1, 0.15) is 25.3 Å². The van der Waals surface area contributed by atoms with Crippen molar-refractivity contribution < 1.29 is 0 Å². The molecule has 2 heteroatoms. The van der Waals surface area contributed by atoms with E-state index >= 15 is 0 Å². The molecule has 0 radical (unpaired) electrons. The fraction of sp³-hybridized carbons (Fsp3) is 0.455. The molecule has 0 amide bonds. The topological polar surface area (TPSA) is 26.0 Å². The van der Waals surface area contributed by atoms with E-state index in [0.717, 1.165) is 11.4 Å². The Morgan fingerprint density at radius 1 is 1.46 bits per heavy atom. The van der Waals surface area contributed by atoms with E-state index in [9.17, 15) is 0 Å². The third kappa shape index (κ3) is 1.47. The molecule has 0 bridgehead atoms. The molecule has 0 aliphatic heterocycles. The van der Waals surface area contributed by atoms with Crippen molar-refractivity contribution in [2.45, 2.75) is 25.3 Å². The van der Waals surface area contributed by atoms with Gasteiger partial charge in [0.25, 0.3) is 0 Å². The summed E-state index contributed by atoms with van der Waals surface area (Å²) in [6.07, 6.45) is 2.28. The van der Waals surface area contributed by atoms with E-state index in [2.05, 4.69) is 6.92 Å². The molecular weight excluding hydrogens is 182 g/mol. The Bertz CT molecular complexity index is 306. The van der Waals surface area contributed by atoms with Crippen LogP contribution in [-0.4, -0.2) is 0 Å². The minimum absolute atomic E-state index is 0.0562. The van der Waals surface area contributed by atoms with E-state index in [1.807, 2.05) is 24.3 Å². The summed E-state index contributed by atoms with van der Waals surface area (Å²) in [6, 6.07) is 7.91. The highest BCUT2D eigenvalue weighted by molar-refractivity contribution is 6.30. The van der Waals surface area contributed by atoms with Gasteiger partial charge in [-0.2, -0.15) is 0 Å². The quantitative estimate of drug-likeness (QED) is 0.772. The second kappa shape index (κ2) is 3.00. The second-order valence-electron chi connectivity index (χ2n) is 3.86. The number of benzene rings is 1. The van der Waals surface area contributed by atoms with Gasteiger partial charge < -0.3 is 5.73 Å². The Hall–Kier alpha value is -0.530. The summed E-state index contributed by atoms with van der Waals surface area (Å²) >= 11 is 5.81. The van der Waals surface area contributed by atoms with Gasteiger partial charge in [0, 0.05) is 10.6 Å². The van der Waals surface area contributed by atoms with Crippen molar-refractivity contribution in [3.63, 3.8) is 0 Å². The summed E-state index contributed by atoms with van der Waals surface area (Å²) in [5.41, 5.74) is 7.40. The zero-order valence-corrected chi connectivity index (χ0v) is 8.51. The summed E-state index contributed by atoms with van der Waals surface area (Å²) in [5, 5.41) is 0.779. The summed E-state index contributed by atoms with van der Waals surface area (Å²) < 4.78 is 0. The lowest BCUT2D eigenvalue weighted by Crippen LogP contribution is -2.21. The molecule has 1 nitrogen and oxygen atoms in total. The molecule has 2 atom stereocenters. The van der Waals surface area contributed by atoms with Gasteiger partial charge in [0.05, 0.1) is 0 Å². The Labute approximate surface area is 83.9 Å². The van der Waals surface area contributed by atoms with Crippen LogP contribution in [0.15, 0.2) is 24.3 Å². The monoisotopic (exact) mass is 195 g/mol. The fourth-order valence-electron chi connectivity index (χ4n) is 1.97. The Kier molecular flexibility index (Phi) is 2.09. The van der Waals surface area contributed by atoms with E-state index < -0.39 is 0 Å². The predicted octanol–water partition coefficient (Wildman–Crippen LogP) is 2.92. The SMILES string of the molecule is CC[C@@H]1C[C@@]1(N)c1ccc(Cl)cc1. The molecule has 1 saturated carbocycles. The molecule has 1 aromatic rings. The van der Waals surface area contributed by atoms with Crippen LogP contribution in [-0.2, 0) is 5.54 Å². The van der Waals surface area contributed by atoms with E-state index in [-0.39, 0.29) is 5.54 Å². The van der Waals surface area contributed by atoms with Crippen LogP contribution in [0.2, 0.25) is 5.02 Å². The van der Waals surface area contributed by atoms with Gasteiger partial charge in [-0.25, -0.2) is 0 Å². The van der Waals surface area contributed by atoms with Gasteiger partial charge in [-0.05, 0) is 30.0 Å². The molecule has 0 spiro atoms. The molecule has 0 aromatic heterocycles. The Balaban J connectivity index is 2.23. The van der Waals surface area contributed by atoms with Crippen molar-refractivity contribution in [2.75, 3.05) is 0 Å². The summed E-state index contributed by atoms with van der Waals surface area (Å²) in [4.78, 5) is 0. The second-order valence-corrected chi connectivity index (χ2v) is 4.29. The van der Waals surface area contributed by atoms with Crippen molar-refractivity contribution in [2.24, 2.45) is 11.7 Å². The van der Waals surface area contributed by atoms with Gasteiger partial charge >= 0.3 is 0 Å². The summed E-state index contributed by atoms with van der Waals surface area (Å²) in [6.45, 7) is 2.19. The number of hydrogen-bond donors (Lipinski definition) is 1. The molecule has 1 fully saturated rings. The normalized spacial score (nSPS) is 31.8. The third-order valence-corrected chi connectivity index (χ3v) is 3.28. The number of nitrogens with two attached hydrogens (primary N) is 1. The first kappa shape index (κ1) is 9.04. The smallest absolute Gasteiger partial charge is 0.0442 e. The van der Waals surface area contributed by atoms with Crippen LogP contribution in [0.4, 0.5) is 0 Å². The minimum Gasteiger partial charge on any atom is -0.321 e. The van der Waals surface area contributed by atoms with Gasteiger partial charge in [0.2, 0.25) is 0 Å². The van der Waals surface area contributed by atoms with Gasteiger partial charge in [0.15, 0.2) is 0 Å². The highest BCUT2D eigenvalue weighted by Crippen LogP contribution is 2.51. The average Bonchev–Trinajstić information content (AvgIpc) is 2.80. The molecule has 0 unspecified atom stereocenters. The van der Waals surface area contributed by atoms with E-state index in [1.54, 1.807) is 0 Å². The van der Waals surface area contributed by atoms with Gasteiger partial charge in [0.1, 0.15) is 0 Å². The van der Waals surface area contributed by atoms with Crippen LogP contribution in [0.5, 0.6) is 0 Å². The van der Waals surface area contributed by atoms with Crippen molar-refractivity contribution >= 4 is 11.6 Å². The van der Waals surface area contributed by atoms with Crippen LogP contribution in [0, 0.1) is 5.92 Å². The highest BCUT2D eigenvalue weighted by atomic mass is 35.5. The van der Waals surface area contributed by atoms with Crippen molar-refractivity contribution in [1.29, 1.82) is 0 Å². The summed E-state index contributed by atoms with van der Waals surface area (Å²) in [5.74, 6) is 0.661. The lowest BCUT2D eigenvalue weighted by Gasteiger charge is -2.11. The molecule has 1 aromatic carbocycles. The van der Waals surface area contributed by atoms with Gasteiger partial charge in [-0.1, -0.05) is 37.1 Å². The molecule has 1 aliphatic carbocycles. The van der Waals surface area contributed by atoms with Crippen molar-refractivity contribution in [3.05, 3.63) is 34.9 Å². The van der Waals surface area contributed by atoms with E-state index in [4.69, 9.17) is 17.3 Å². The van der Waals surface area contributed by atoms with Crippen LogP contribution in [0.3, 0.4) is 0 Å². The minimum atomic E-state index is -0.0562. The van der Waals surface area contributed by atoms with Crippen LogP contribution < -0.4 is 5.73 Å². The van der Waals surface area contributed by atoms with Crippen molar-refractivity contribution in [3.8, 4) is 0 Å². The zero-order chi connectivity index (χ0) is 9.47. The average molecular weight is 196 g/mol. The van der Waals surface area contributed by atoms with Gasteiger partial charge in [-0.15, -0.1) is 0 Å². The Morgan fingerprint density at radius 3 is 2.54 bits per heavy atom. The van der Waals surface area contributed by atoms with E-state index in [1.165, 1.54) is 12.0 Å². The molecular formula is C11H14ClN. The number of rotatable bonds is 2. The van der Waals surface area contributed by atoms with E-state index in [0.29, 0.717) is 5.92 Å². The largest absolute Gasteiger partial charge is 0.321 e. The number of hydrogen-bond acceptors (Lipinski definition) is 1. The number of halogens is 1. The molecule has 0 saturated heterocycles. The lowest BCUT2D eigenvalue weighted by atomic mass is 10.0. The summed E-state index contributed by atoms with van der Waals surface area (Å²) in [7, 11) is 0. The molecule has 0 heterocycles. The molecule has 2 rings (SSSR count). The first-order valence-electron chi connectivity index (χ1n) is 4.71. The lowest BCUT2D eigenvalue weighted by molar-refractivity contribution is 0.615. The van der Waals surface area contributed by atoms with Crippen LogP contribution >= 0.6 is 11.6 Å². The molecule has 1 aliphatic rings. The zero-order valence-electron chi connectivity index (χ0n) is 7.76. The first-order valence-corrected chi connectivity index (χ1v) is 5.09. The van der Waals surface area contributed by atoms with Crippen molar-refractivity contribution in [1.82, 2.24) is 0 Å². The maximum atomic E-state index is 6.23. The molecule has 70 valence electrons. The Morgan fingerprint density at radius 2 is 2.08 bits per heavy atom. The van der Waals surface area contributed by atoms with Crippen LogP contribution in [0.25, 0.3) is 0 Å². The molecule has 2 N–H and O–H groups in total. The van der Waals surface area contributed by atoms with Gasteiger partial charge in [-0.3, -0.25) is 0 Å². The first-order chi connectivity index (χ1) is 6.16. The predicted molar refractivity (Wildman–Crippen MR) is 55.7 cm³/mol.